The molecule has 0 saturated carbocycles. The molecule has 0 aliphatic carbocycles. The van der Waals surface area contributed by atoms with Gasteiger partial charge in [-0.1, -0.05) is 0 Å². The number of anilines is 1. The molecule has 2 heterocycles. The summed E-state index contributed by atoms with van der Waals surface area (Å²) in [5.41, 5.74) is 0.232. The average molecular weight is 330 g/mol. The maximum atomic E-state index is 14.1. The van der Waals surface area contributed by atoms with Crippen LogP contribution in [0.15, 0.2) is 16.6 Å². The maximum absolute atomic E-state index is 14.1. The first-order valence-corrected chi connectivity index (χ1v) is 6.98. The van der Waals surface area contributed by atoms with Crippen molar-refractivity contribution in [2.45, 2.75) is 12.5 Å². The first-order valence-electron chi connectivity index (χ1n) is 6.18. The van der Waals surface area contributed by atoms with Crippen molar-refractivity contribution < 1.29 is 9.31 Å². The van der Waals surface area contributed by atoms with Crippen molar-refractivity contribution in [1.82, 2.24) is 4.90 Å². The third-order valence-electron chi connectivity index (χ3n) is 3.87. The van der Waals surface area contributed by atoms with Gasteiger partial charge in [0.2, 0.25) is 0 Å². The van der Waals surface area contributed by atoms with Gasteiger partial charge in [-0.25, -0.2) is 4.39 Å². The van der Waals surface area contributed by atoms with Crippen molar-refractivity contribution >= 4 is 27.3 Å². The Balaban J connectivity index is 1.96. The number of halogens is 2. The molecule has 1 aromatic carbocycles. The molecule has 102 valence electrons. The Hall–Kier alpha value is -1.21. The van der Waals surface area contributed by atoms with Crippen LogP contribution < -0.4 is 4.90 Å². The summed E-state index contributed by atoms with van der Waals surface area (Å²) in [6.07, 6.45) is 1.02. The summed E-state index contributed by atoms with van der Waals surface area (Å²) in [7, 11) is 0. The first-order chi connectivity index (χ1) is 9.06. The molecule has 2 aliphatic heterocycles. The fourth-order valence-corrected chi connectivity index (χ4v) is 3.38. The van der Waals surface area contributed by atoms with E-state index < -0.39 is 10.7 Å². The summed E-state index contributed by atoms with van der Waals surface area (Å²) >= 11 is 3.16. The van der Waals surface area contributed by atoms with Gasteiger partial charge in [0.1, 0.15) is 0 Å². The van der Waals surface area contributed by atoms with Crippen molar-refractivity contribution in [3.8, 4) is 0 Å². The van der Waals surface area contributed by atoms with E-state index in [1.54, 1.807) is 0 Å². The molecule has 1 aromatic rings. The van der Waals surface area contributed by atoms with Gasteiger partial charge >= 0.3 is 0 Å². The standard InChI is InChI=1S/C12H13BrFN3O2/c13-9-5-12(10(14)6-11(9)17(18)19)16-4-3-15-2-1-8(16)7-15/h5-6,8H,1-4,7H2. The smallest absolute Gasteiger partial charge is 0.286 e. The summed E-state index contributed by atoms with van der Waals surface area (Å²) in [6, 6.07) is 2.85. The molecule has 19 heavy (non-hydrogen) atoms. The van der Waals surface area contributed by atoms with Gasteiger partial charge in [-0.15, -0.1) is 0 Å². The number of fused-ring (bicyclic) bond motifs is 2. The van der Waals surface area contributed by atoms with E-state index >= 15 is 0 Å². The van der Waals surface area contributed by atoms with Gasteiger partial charge in [0.25, 0.3) is 5.69 Å². The Labute approximate surface area is 118 Å². The average Bonchev–Trinajstić information content (AvgIpc) is 2.74. The second-order valence-corrected chi connectivity index (χ2v) is 5.80. The van der Waals surface area contributed by atoms with Gasteiger partial charge in [0.05, 0.1) is 21.1 Å². The normalized spacial score (nSPS) is 25.7. The number of nitro benzene ring substituents is 1. The van der Waals surface area contributed by atoms with E-state index in [0.29, 0.717) is 16.2 Å². The molecule has 0 spiro atoms. The molecular weight excluding hydrogens is 317 g/mol. The Morgan fingerprint density at radius 3 is 2.89 bits per heavy atom. The zero-order valence-electron chi connectivity index (χ0n) is 10.2. The Bertz CT molecular complexity index is 540. The molecule has 2 atom stereocenters. The molecular formula is C12H13BrFN3O2. The summed E-state index contributed by atoms with van der Waals surface area (Å²) < 4.78 is 14.4. The lowest BCUT2D eigenvalue weighted by Gasteiger charge is -2.36. The van der Waals surface area contributed by atoms with Crippen molar-refractivity contribution in [1.29, 1.82) is 0 Å². The highest BCUT2D eigenvalue weighted by Gasteiger charge is 2.34. The predicted octanol–water partition coefficient (Wildman–Crippen LogP) is 2.39. The Morgan fingerprint density at radius 1 is 1.37 bits per heavy atom. The van der Waals surface area contributed by atoms with Crippen molar-refractivity contribution in [3.63, 3.8) is 0 Å². The van der Waals surface area contributed by atoms with E-state index in [1.165, 1.54) is 6.07 Å². The highest BCUT2D eigenvalue weighted by atomic mass is 79.9. The molecule has 0 aromatic heterocycles. The minimum atomic E-state index is -0.579. The number of hydrogen-bond donors (Lipinski definition) is 0. The van der Waals surface area contributed by atoms with Crippen molar-refractivity contribution in [2.24, 2.45) is 0 Å². The summed E-state index contributed by atoms with van der Waals surface area (Å²) in [5.74, 6) is -0.518. The quantitative estimate of drug-likeness (QED) is 0.617. The highest BCUT2D eigenvalue weighted by molar-refractivity contribution is 9.10. The van der Waals surface area contributed by atoms with Crippen LogP contribution in [0.5, 0.6) is 0 Å². The molecule has 0 N–H and O–H groups in total. The number of benzene rings is 1. The topological polar surface area (TPSA) is 49.6 Å². The lowest BCUT2D eigenvalue weighted by atomic mass is 10.1. The molecule has 0 radical (unpaired) electrons. The van der Waals surface area contributed by atoms with Crippen LogP contribution >= 0.6 is 15.9 Å². The van der Waals surface area contributed by atoms with Gasteiger partial charge in [0, 0.05) is 32.2 Å². The zero-order chi connectivity index (χ0) is 13.6. The van der Waals surface area contributed by atoms with Crippen LogP contribution in [0.2, 0.25) is 0 Å². The van der Waals surface area contributed by atoms with Gasteiger partial charge in [-0.2, -0.15) is 0 Å². The lowest BCUT2D eigenvalue weighted by Crippen LogP contribution is -2.47. The Morgan fingerprint density at radius 2 is 2.16 bits per heavy atom. The number of hydrogen-bond acceptors (Lipinski definition) is 4. The zero-order valence-corrected chi connectivity index (χ0v) is 11.8. The van der Waals surface area contributed by atoms with Crippen LogP contribution in [0.3, 0.4) is 0 Å². The van der Waals surface area contributed by atoms with Crippen LogP contribution in [0, 0.1) is 15.9 Å². The number of piperazine rings is 1. The first kappa shape index (κ1) is 12.8. The van der Waals surface area contributed by atoms with Crippen LogP contribution in [0.4, 0.5) is 15.8 Å². The largest absolute Gasteiger partial charge is 0.364 e. The monoisotopic (exact) mass is 329 g/mol. The third kappa shape index (κ3) is 2.21. The number of rotatable bonds is 2. The molecule has 0 amide bonds. The van der Waals surface area contributed by atoms with Crippen molar-refractivity contribution in [2.75, 3.05) is 31.1 Å². The molecule has 2 saturated heterocycles. The van der Waals surface area contributed by atoms with Crippen LogP contribution in [-0.2, 0) is 0 Å². The molecule has 2 fully saturated rings. The molecule has 2 bridgehead atoms. The van der Waals surface area contributed by atoms with Crippen molar-refractivity contribution in [3.05, 3.63) is 32.5 Å². The second kappa shape index (κ2) is 4.72. The van der Waals surface area contributed by atoms with E-state index in [9.17, 15) is 14.5 Å². The molecule has 5 nitrogen and oxygen atoms in total. The van der Waals surface area contributed by atoms with E-state index in [2.05, 4.69) is 20.8 Å². The highest BCUT2D eigenvalue weighted by Crippen LogP contribution is 2.35. The second-order valence-electron chi connectivity index (χ2n) is 4.95. The number of nitro groups is 1. The number of nitrogens with zero attached hydrogens (tertiary/aromatic N) is 3. The predicted molar refractivity (Wildman–Crippen MR) is 72.9 cm³/mol. The fourth-order valence-electron chi connectivity index (χ4n) is 2.90. The Kier molecular flexibility index (Phi) is 3.18. The minimum Gasteiger partial charge on any atom is -0.364 e. The van der Waals surface area contributed by atoms with E-state index in [1.807, 2.05) is 4.90 Å². The lowest BCUT2D eigenvalue weighted by molar-refractivity contribution is -0.385. The van der Waals surface area contributed by atoms with Gasteiger partial charge in [-0.3, -0.25) is 15.0 Å². The van der Waals surface area contributed by atoms with Crippen LogP contribution in [-0.4, -0.2) is 42.0 Å². The fraction of sp³-hybridized carbons (Fsp3) is 0.500. The summed E-state index contributed by atoms with van der Waals surface area (Å²) in [5, 5.41) is 10.8. The van der Waals surface area contributed by atoms with E-state index in [-0.39, 0.29) is 5.69 Å². The maximum Gasteiger partial charge on any atom is 0.286 e. The van der Waals surface area contributed by atoms with E-state index in [4.69, 9.17) is 0 Å². The van der Waals surface area contributed by atoms with Crippen LogP contribution in [0.1, 0.15) is 6.42 Å². The SMILES string of the molecule is O=[N+]([O-])c1cc(F)c(N2CCN3CCC2C3)cc1Br. The van der Waals surface area contributed by atoms with Gasteiger partial charge in [-0.05, 0) is 28.4 Å². The van der Waals surface area contributed by atoms with Gasteiger partial charge < -0.3 is 4.90 Å². The molecule has 2 aliphatic rings. The van der Waals surface area contributed by atoms with Crippen LogP contribution in [0.25, 0.3) is 0 Å². The third-order valence-corrected chi connectivity index (χ3v) is 4.50. The van der Waals surface area contributed by atoms with Gasteiger partial charge in [0.15, 0.2) is 5.82 Å². The molecule has 2 unspecified atom stereocenters. The van der Waals surface area contributed by atoms with E-state index in [0.717, 1.165) is 38.7 Å². The molecule has 3 rings (SSSR count). The minimum absolute atomic E-state index is 0.230. The summed E-state index contributed by atoms with van der Waals surface area (Å²) in [6.45, 7) is 3.70. The summed E-state index contributed by atoms with van der Waals surface area (Å²) in [4.78, 5) is 14.6. The molecule has 7 heteroatoms.